The summed E-state index contributed by atoms with van der Waals surface area (Å²) in [6, 6.07) is 21.3. The molecule has 5 nitrogen and oxygen atoms in total. The van der Waals surface area contributed by atoms with Crippen LogP contribution in [0.15, 0.2) is 76.0 Å². The Labute approximate surface area is 198 Å². The summed E-state index contributed by atoms with van der Waals surface area (Å²) < 4.78 is 48.0. The van der Waals surface area contributed by atoms with E-state index in [0.717, 1.165) is 65.0 Å². The van der Waals surface area contributed by atoms with E-state index in [1.807, 2.05) is 30.3 Å². The van der Waals surface area contributed by atoms with Crippen LogP contribution in [0.2, 0.25) is 0 Å². The zero-order valence-corrected chi connectivity index (χ0v) is 19.4. The second-order valence-electron chi connectivity index (χ2n) is 8.73. The minimum atomic E-state index is -4.71. The van der Waals surface area contributed by atoms with Gasteiger partial charge >= 0.3 is 11.5 Å². The van der Waals surface area contributed by atoms with Gasteiger partial charge in [0.15, 0.2) is 0 Å². The average Bonchev–Trinajstić information content (AvgIpc) is 2.86. The minimum Gasteiger partial charge on any atom is -0.744 e. The van der Waals surface area contributed by atoms with E-state index in [-0.39, 0.29) is 10.6 Å². The molecule has 0 saturated heterocycles. The first-order valence-corrected chi connectivity index (χ1v) is 12.7. The molecule has 3 aromatic carbocycles. The van der Waals surface area contributed by atoms with E-state index in [4.69, 9.17) is 9.15 Å². The maximum Gasteiger partial charge on any atom is 0.364 e. The molecule has 1 heterocycles. The van der Waals surface area contributed by atoms with Gasteiger partial charge in [0.05, 0.1) is 34.3 Å². The molecule has 0 unspecified atom stereocenters. The maximum absolute atomic E-state index is 12.0. The van der Waals surface area contributed by atoms with Crippen LogP contribution in [0, 0.1) is 0 Å². The lowest BCUT2D eigenvalue weighted by Crippen LogP contribution is -2.13. The Balaban J connectivity index is 1.71. The van der Waals surface area contributed by atoms with Gasteiger partial charge in [-0.3, -0.25) is 0 Å². The molecule has 2 aliphatic carbocycles. The molecule has 6 rings (SSSR count). The van der Waals surface area contributed by atoms with Gasteiger partial charge < -0.3 is 9.29 Å². The first-order chi connectivity index (χ1) is 16.5. The van der Waals surface area contributed by atoms with Crippen molar-refractivity contribution >= 4 is 10.1 Å². The lowest BCUT2D eigenvalue weighted by atomic mass is 9.79. The second kappa shape index (κ2) is 7.79. The van der Waals surface area contributed by atoms with Gasteiger partial charge in [-0.1, -0.05) is 42.5 Å². The molecule has 0 atom stereocenters. The molecular formula is C28H22O5S. The van der Waals surface area contributed by atoms with Crippen molar-refractivity contribution in [2.45, 2.75) is 30.6 Å². The Bertz CT molecular complexity index is 1500. The van der Waals surface area contributed by atoms with Crippen LogP contribution < -0.4 is 4.74 Å². The molecule has 0 fully saturated rings. The third-order valence-electron chi connectivity index (χ3n) is 6.89. The Morgan fingerprint density at radius 1 is 0.794 bits per heavy atom. The van der Waals surface area contributed by atoms with Gasteiger partial charge in [-0.15, -0.1) is 0 Å². The summed E-state index contributed by atoms with van der Waals surface area (Å²) in [5.74, 6) is 1.68. The van der Waals surface area contributed by atoms with Crippen molar-refractivity contribution in [1.82, 2.24) is 0 Å². The van der Waals surface area contributed by atoms with E-state index in [1.54, 1.807) is 6.07 Å². The highest BCUT2D eigenvalue weighted by Crippen LogP contribution is 2.48. The number of fused-ring (bicyclic) bond motifs is 6. The van der Waals surface area contributed by atoms with Crippen LogP contribution in [0.5, 0.6) is 5.75 Å². The summed E-state index contributed by atoms with van der Waals surface area (Å²) in [6.07, 6.45) is 3.27. The molecule has 0 N–H and O–H groups in total. The van der Waals surface area contributed by atoms with Gasteiger partial charge in [0.2, 0.25) is 0 Å². The van der Waals surface area contributed by atoms with E-state index in [0.29, 0.717) is 5.56 Å². The van der Waals surface area contributed by atoms with Gasteiger partial charge in [0, 0.05) is 5.56 Å². The molecule has 0 bridgehead atoms. The summed E-state index contributed by atoms with van der Waals surface area (Å²) in [5, 5.41) is 0. The van der Waals surface area contributed by atoms with Crippen molar-refractivity contribution in [3.63, 3.8) is 0 Å². The number of ether oxygens (including phenoxy) is 1. The van der Waals surface area contributed by atoms with Crippen LogP contribution in [-0.2, 0) is 35.8 Å². The molecule has 34 heavy (non-hydrogen) atoms. The zero-order valence-electron chi connectivity index (χ0n) is 18.6. The summed E-state index contributed by atoms with van der Waals surface area (Å²) in [7, 11) is -3.35. The first kappa shape index (κ1) is 21.1. The lowest BCUT2D eigenvalue weighted by molar-refractivity contribution is 0.395. The molecule has 1 aromatic heterocycles. The maximum atomic E-state index is 12.0. The fourth-order valence-electron chi connectivity index (χ4n) is 5.36. The highest BCUT2D eigenvalue weighted by atomic mass is 32.2. The fourth-order valence-corrected chi connectivity index (χ4v) is 6.03. The van der Waals surface area contributed by atoms with Gasteiger partial charge in [0.25, 0.3) is 0 Å². The van der Waals surface area contributed by atoms with E-state index in [9.17, 15) is 13.0 Å². The molecule has 0 amide bonds. The Kier molecular flexibility index (Phi) is 4.83. The zero-order chi connectivity index (χ0) is 23.4. The summed E-state index contributed by atoms with van der Waals surface area (Å²) in [4.78, 5) is -0.344. The number of hydrogen-bond acceptors (Lipinski definition) is 4. The topological polar surface area (TPSA) is 77.7 Å². The van der Waals surface area contributed by atoms with Crippen molar-refractivity contribution in [3.8, 4) is 39.5 Å². The molecule has 0 spiro atoms. The quantitative estimate of drug-likeness (QED) is 0.285. The number of hydrogen-bond donors (Lipinski definition) is 0. The van der Waals surface area contributed by atoms with Gasteiger partial charge in [0.1, 0.15) is 15.9 Å². The normalized spacial score (nSPS) is 13.9. The minimum absolute atomic E-state index is 0.0535. The Morgan fingerprint density at radius 3 is 1.88 bits per heavy atom. The van der Waals surface area contributed by atoms with E-state index in [1.165, 1.54) is 24.3 Å². The van der Waals surface area contributed by atoms with Crippen LogP contribution in [0.1, 0.15) is 22.3 Å². The highest BCUT2D eigenvalue weighted by Gasteiger charge is 2.38. The first-order valence-electron chi connectivity index (χ1n) is 11.3. The van der Waals surface area contributed by atoms with Crippen molar-refractivity contribution < 1.29 is 22.1 Å². The standard InChI is InChI=1S/C28H22O5S/c1-32-24-15-12-19(16-25(24)34(29,30)31)26-22-13-10-17-6-2-4-8-20(17)27(22)33-28-21-9-5-3-7-18(21)11-14-23(26)28/h2-9,12,15-16H,10-11,13-14H2,1H3. The van der Waals surface area contributed by atoms with Crippen LogP contribution in [0.25, 0.3) is 33.8 Å². The van der Waals surface area contributed by atoms with Crippen LogP contribution in [0.4, 0.5) is 0 Å². The summed E-state index contributed by atoms with van der Waals surface area (Å²) in [6.45, 7) is 0. The molecule has 170 valence electrons. The summed E-state index contributed by atoms with van der Waals surface area (Å²) in [5.41, 5.74) is 8.33. The van der Waals surface area contributed by atoms with E-state index >= 15 is 0 Å². The number of benzene rings is 3. The smallest absolute Gasteiger partial charge is 0.364 e. The van der Waals surface area contributed by atoms with Crippen LogP contribution in [0.3, 0.4) is 0 Å². The molecule has 0 radical (unpaired) electrons. The lowest BCUT2D eigenvalue weighted by Gasteiger charge is -2.23. The molecular weight excluding hydrogens is 448 g/mol. The van der Waals surface area contributed by atoms with Crippen molar-refractivity contribution in [3.05, 3.63) is 89.0 Å². The molecule has 6 heteroatoms. The third-order valence-corrected chi connectivity index (χ3v) is 7.75. The van der Waals surface area contributed by atoms with Crippen molar-refractivity contribution in [1.29, 1.82) is 0 Å². The SMILES string of the molecule is COc1ccc(-c2c3c([o+]c4c2CCc2ccccc2-4)-c2ccccc2CC3)cc1S(=O)(=O)[O-]. The molecule has 0 saturated carbocycles. The predicted molar refractivity (Wildman–Crippen MR) is 129 cm³/mol. The van der Waals surface area contributed by atoms with Gasteiger partial charge in [-0.2, -0.15) is 0 Å². The largest absolute Gasteiger partial charge is 0.744 e. The number of rotatable bonds is 3. The third kappa shape index (κ3) is 3.25. The highest BCUT2D eigenvalue weighted by molar-refractivity contribution is 7.85. The number of methoxy groups -OCH3 is 1. The van der Waals surface area contributed by atoms with Crippen molar-refractivity contribution in [2.75, 3.05) is 7.11 Å². The Morgan fingerprint density at radius 2 is 1.35 bits per heavy atom. The summed E-state index contributed by atoms with van der Waals surface area (Å²) >= 11 is 0. The Hall–Kier alpha value is -3.48. The number of aryl methyl sites for hydroxylation is 2. The predicted octanol–water partition coefficient (Wildman–Crippen LogP) is 5.67. The van der Waals surface area contributed by atoms with Gasteiger partial charge in [-0.25, -0.2) is 12.8 Å². The molecule has 4 aromatic rings. The van der Waals surface area contributed by atoms with Crippen LogP contribution in [-0.4, -0.2) is 20.1 Å². The fraction of sp³-hybridized carbons (Fsp3) is 0.179. The monoisotopic (exact) mass is 470 g/mol. The second-order valence-corrected chi connectivity index (χ2v) is 10.1. The molecule has 0 aliphatic heterocycles. The average molecular weight is 471 g/mol. The van der Waals surface area contributed by atoms with E-state index in [2.05, 4.69) is 24.3 Å². The molecule has 2 aliphatic rings. The van der Waals surface area contributed by atoms with Crippen LogP contribution >= 0.6 is 0 Å². The van der Waals surface area contributed by atoms with Crippen molar-refractivity contribution in [2.24, 2.45) is 0 Å². The van der Waals surface area contributed by atoms with Gasteiger partial charge in [-0.05, 0) is 66.6 Å². The van der Waals surface area contributed by atoms with E-state index < -0.39 is 10.1 Å².